The summed E-state index contributed by atoms with van der Waals surface area (Å²) in [6.45, 7) is 2.06. The van der Waals surface area contributed by atoms with Crippen LogP contribution in [0, 0.1) is 5.82 Å². The number of nitrogens with zero attached hydrogens (tertiary/aromatic N) is 3. The van der Waals surface area contributed by atoms with E-state index in [9.17, 15) is 4.39 Å². The summed E-state index contributed by atoms with van der Waals surface area (Å²) in [6, 6.07) is 8.18. The Labute approximate surface area is 111 Å². The molecule has 98 valence electrons. The third-order valence-electron chi connectivity index (χ3n) is 3.50. The van der Waals surface area contributed by atoms with Crippen LogP contribution in [0.3, 0.4) is 0 Å². The van der Waals surface area contributed by atoms with Crippen LogP contribution in [0.25, 0.3) is 0 Å². The molecule has 0 saturated heterocycles. The number of benzene rings is 1. The molecule has 1 unspecified atom stereocenters. The number of aromatic nitrogens is 2. The number of aryl methyl sites for hydroxylation is 1. The summed E-state index contributed by atoms with van der Waals surface area (Å²) in [5.74, 6) is -0.100. The van der Waals surface area contributed by atoms with Crippen molar-refractivity contribution in [1.82, 2.24) is 9.97 Å². The van der Waals surface area contributed by atoms with Crippen LogP contribution in [-0.4, -0.2) is 16.0 Å². The molecule has 0 radical (unpaired) electrons. The summed E-state index contributed by atoms with van der Waals surface area (Å²) in [4.78, 5) is 9.65. The van der Waals surface area contributed by atoms with Gasteiger partial charge in [0.15, 0.2) is 11.6 Å². The Morgan fingerprint density at radius 1 is 1.37 bits per heavy atom. The lowest BCUT2D eigenvalue weighted by Crippen LogP contribution is -2.34. The highest BCUT2D eigenvalue weighted by Crippen LogP contribution is 2.36. The zero-order valence-electron chi connectivity index (χ0n) is 10.7. The van der Waals surface area contributed by atoms with E-state index in [-0.39, 0.29) is 17.8 Å². The molecule has 1 aromatic heterocycles. The fourth-order valence-electron chi connectivity index (χ4n) is 2.55. The SMILES string of the molecule is CC1CCc2ccccc2N1c1nc(N)ncc1F. The predicted molar refractivity (Wildman–Crippen MR) is 72.8 cm³/mol. The predicted octanol–water partition coefficient (Wildman–Crippen LogP) is 2.67. The second kappa shape index (κ2) is 4.50. The molecule has 2 aromatic rings. The van der Waals surface area contributed by atoms with Gasteiger partial charge in [-0.05, 0) is 31.4 Å². The molecule has 3 rings (SSSR count). The minimum atomic E-state index is -0.447. The van der Waals surface area contributed by atoms with E-state index >= 15 is 0 Å². The first-order valence-electron chi connectivity index (χ1n) is 6.32. The largest absolute Gasteiger partial charge is 0.368 e. The minimum Gasteiger partial charge on any atom is -0.368 e. The van der Waals surface area contributed by atoms with Gasteiger partial charge in [-0.25, -0.2) is 9.37 Å². The summed E-state index contributed by atoms with van der Waals surface area (Å²) in [5, 5.41) is 0. The Morgan fingerprint density at radius 3 is 3.00 bits per heavy atom. The van der Waals surface area contributed by atoms with Gasteiger partial charge in [-0.15, -0.1) is 0 Å². The molecule has 0 saturated carbocycles. The van der Waals surface area contributed by atoms with Crippen LogP contribution >= 0.6 is 0 Å². The number of nitrogens with two attached hydrogens (primary N) is 1. The smallest absolute Gasteiger partial charge is 0.222 e. The molecular weight excluding hydrogens is 243 g/mol. The Hall–Kier alpha value is -2.17. The number of para-hydroxylation sites is 1. The van der Waals surface area contributed by atoms with E-state index in [0.717, 1.165) is 24.7 Å². The van der Waals surface area contributed by atoms with Gasteiger partial charge in [0.1, 0.15) is 0 Å². The Balaban J connectivity index is 2.16. The maximum atomic E-state index is 14.0. The van der Waals surface area contributed by atoms with Crippen LogP contribution in [0.15, 0.2) is 30.5 Å². The van der Waals surface area contributed by atoms with E-state index in [1.807, 2.05) is 23.1 Å². The molecule has 1 aliphatic heterocycles. The van der Waals surface area contributed by atoms with Gasteiger partial charge in [0.25, 0.3) is 0 Å². The normalized spacial score (nSPS) is 18.2. The number of hydrogen-bond acceptors (Lipinski definition) is 4. The van der Waals surface area contributed by atoms with Gasteiger partial charge in [-0.2, -0.15) is 4.98 Å². The topological polar surface area (TPSA) is 55.0 Å². The fraction of sp³-hybridized carbons (Fsp3) is 0.286. The zero-order chi connectivity index (χ0) is 13.4. The number of nitrogen functional groups attached to an aromatic ring is 1. The Bertz CT molecular complexity index is 614. The summed E-state index contributed by atoms with van der Waals surface area (Å²) in [5.41, 5.74) is 7.79. The van der Waals surface area contributed by atoms with Gasteiger partial charge < -0.3 is 10.6 Å². The maximum absolute atomic E-state index is 14.0. The maximum Gasteiger partial charge on any atom is 0.222 e. The van der Waals surface area contributed by atoms with Crippen LogP contribution in [-0.2, 0) is 6.42 Å². The third-order valence-corrected chi connectivity index (χ3v) is 3.50. The highest BCUT2D eigenvalue weighted by molar-refractivity contribution is 5.67. The molecule has 19 heavy (non-hydrogen) atoms. The second-order valence-electron chi connectivity index (χ2n) is 4.79. The molecule has 2 N–H and O–H groups in total. The molecule has 1 aromatic carbocycles. The average molecular weight is 258 g/mol. The van der Waals surface area contributed by atoms with Gasteiger partial charge in [0, 0.05) is 11.7 Å². The first-order valence-corrected chi connectivity index (χ1v) is 6.32. The van der Waals surface area contributed by atoms with Crippen molar-refractivity contribution < 1.29 is 4.39 Å². The second-order valence-corrected chi connectivity index (χ2v) is 4.79. The van der Waals surface area contributed by atoms with Crippen LogP contribution < -0.4 is 10.6 Å². The van der Waals surface area contributed by atoms with Crippen LogP contribution in [0.2, 0.25) is 0 Å². The molecule has 0 spiro atoms. The molecular formula is C14H15FN4. The Kier molecular flexibility index (Phi) is 2.81. The van der Waals surface area contributed by atoms with E-state index in [4.69, 9.17) is 5.73 Å². The highest BCUT2D eigenvalue weighted by atomic mass is 19.1. The van der Waals surface area contributed by atoms with Crippen molar-refractivity contribution in [2.75, 3.05) is 10.6 Å². The molecule has 1 aliphatic rings. The molecule has 5 heteroatoms. The zero-order valence-corrected chi connectivity index (χ0v) is 10.7. The number of fused-ring (bicyclic) bond motifs is 1. The third kappa shape index (κ3) is 2.01. The van der Waals surface area contributed by atoms with Gasteiger partial charge >= 0.3 is 0 Å². The van der Waals surface area contributed by atoms with Crippen molar-refractivity contribution >= 4 is 17.5 Å². The first kappa shape index (κ1) is 11.9. The van der Waals surface area contributed by atoms with E-state index in [2.05, 4.69) is 23.0 Å². The van der Waals surface area contributed by atoms with Crippen molar-refractivity contribution in [3.05, 3.63) is 41.8 Å². The van der Waals surface area contributed by atoms with E-state index in [1.54, 1.807) is 0 Å². The quantitative estimate of drug-likeness (QED) is 0.854. The lowest BCUT2D eigenvalue weighted by atomic mass is 9.96. The molecule has 4 nitrogen and oxygen atoms in total. The summed E-state index contributed by atoms with van der Waals surface area (Å²) < 4.78 is 14.0. The lowest BCUT2D eigenvalue weighted by Gasteiger charge is -2.36. The first-order chi connectivity index (χ1) is 9.16. The summed E-state index contributed by atoms with van der Waals surface area (Å²) in [6.07, 6.45) is 3.08. The molecule has 0 aliphatic carbocycles. The van der Waals surface area contributed by atoms with Crippen molar-refractivity contribution in [3.63, 3.8) is 0 Å². The molecule has 0 amide bonds. The van der Waals surface area contributed by atoms with Gasteiger partial charge in [-0.3, -0.25) is 0 Å². The highest BCUT2D eigenvalue weighted by Gasteiger charge is 2.27. The van der Waals surface area contributed by atoms with E-state index in [0.29, 0.717) is 0 Å². The average Bonchev–Trinajstić information content (AvgIpc) is 2.42. The lowest BCUT2D eigenvalue weighted by molar-refractivity contribution is 0.572. The van der Waals surface area contributed by atoms with Crippen molar-refractivity contribution in [2.45, 2.75) is 25.8 Å². The van der Waals surface area contributed by atoms with E-state index in [1.165, 1.54) is 5.56 Å². The number of anilines is 3. The van der Waals surface area contributed by atoms with Gasteiger partial charge in [0.05, 0.1) is 6.20 Å². The van der Waals surface area contributed by atoms with Gasteiger partial charge in [-0.1, -0.05) is 18.2 Å². The minimum absolute atomic E-state index is 0.0895. The summed E-state index contributed by atoms with van der Waals surface area (Å²) in [7, 11) is 0. The van der Waals surface area contributed by atoms with Crippen molar-refractivity contribution in [2.24, 2.45) is 0 Å². The Morgan fingerprint density at radius 2 is 2.16 bits per heavy atom. The van der Waals surface area contributed by atoms with Gasteiger partial charge in [0.2, 0.25) is 5.95 Å². The van der Waals surface area contributed by atoms with Crippen LogP contribution in [0.1, 0.15) is 18.9 Å². The monoisotopic (exact) mass is 258 g/mol. The van der Waals surface area contributed by atoms with Crippen LogP contribution in [0.5, 0.6) is 0 Å². The number of rotatable bonds is 1. The summed E-state index contributed by atoms with van der Waals surface area (Å²) >= 11 is 0. The number of halogens is 1. The molecule has 0 fully saturated rings. The van der Waals surface area contributed by atoms with Crippen molar-refractivity contribution in [3.8, 4) is 0 Å². The number of hydrogen-bond donors (Lipinski definition) is 1. The fourth-order valence-corrected chi connectivity index (χ4v) is 2.55. The standard InChI is InChI=1S/C14H15FN4/c1-9-6-7-10-4-2-3-5-12(10)19(9)13-11(15)8-17-14(16)18-13/h2-5,8-9H,6-7H2,1H3,(H2,16,17,18). The van der Waals surface area contributed by atoms with E-state index < -0.39 is 5.82 Å². The molecule has 2 heterocycles. The van der Waals surface area contributed by atoms with Crippen LogP contribution in [0.4, 0.5) is 21.8 Å². The molecule has 0 bridgehead atoms. The molecule has 1 atom stereocenters. The van der Waals surface area contributed by atoms with Crippen molar-refractivity contribution in [1.29, 1.82) is 0 Å².